The molecule has 0 aliphatic heterocycles. The average Bonchev–Trinajstić information content (AvgIpc) is 2.53. The summed E-state index contributed by atoms with van der Waals surface area (Å²) in [6, 6.07) is 10.1. The number of halogens is 1. The van der Waals surface area contributed by atoms with E-state index in [1.54, 1.807) is 43.5 Å². The highest BCUT2D eigenvalue weighted by molar-refractivity contribution is 6.33. The SMILES string of the molecule is COc1cccc(C(=O)c2cc(Cl)c(OC)c(OC)c2)c1. The third kappa shape index (κ3) is 3.11. The smallest absolute Gasteiger partial charge is 0.193 e. The molecule has 0 aromatic heterocycles. The van der Waals surface area contributed by atoms with Crippen LogP contribution < -0.4 is 14.2 Å². The van der Waals surface area contributed by atoms with Crippen molar-refractivity contribution in [2.24, 2.45) is 0 Å². The average molecular weight is 307 g/mol. The Morgan fingerprint density at radius 3 is 2.33 bits per heavy atom. The van der Waals surface area contributed by atoms with Gasteiger partial charge >= 0.3 is 0 Å². The van der Waals surface area contributed by atoms with Gasteiger partial charge in [0.2, 0.25) is 0 Å². The first-order chi connectivity index (χ1) is 10.1. The van der Waals surface area contributed by atoms with E-state index in [0.717, 1.165) is 0 Å². The van der Waals surface area contributed by atoms with Crippen LogP contribution in [0.5, 0.6) is 17.2 Å². The summed E-state index contributed by atoms with van der Waals surface area (Å²) in [6.45, 7) is 0. The number of rotatable bonds is 5. The van der Waals surface area contributed by atoms with Gasteiger partial charge in [0.05, 0.1) is 26.4 Å². The summed E-state index contributed by atoms with van der Waals surface area (Å²) in [5.41, 5.74) is 0.934. The van der Waals surface area contributed by atoms with Gasteiger partial charge in [-0.25, -0.2) is 0 Å². The van der Waals surface area contributed by atoms with Crippen LogP contribution >= 0.6 is 11.6 Å². The van der Waals surface area contributed by atoms with Gasteiger partial charge in [-0.2, -0.15) is 0 Å². The van der Waals surface area contributed by atoms with Crippen LogP contribution in [-0.2, 0) is 0 Å². The Kier molecular flexibility index (Phi) is 4.70. The van der Waals surface area contributed by atoms with Crippen molar-refractivity contribution < 1.29 is 19.0 Å². The number of ketones is 1. The molecule has 2 aromatic carbocycles. The maximum atomic E-state index is 12.5. The number of ether oxygens (including phenoxy) is 3. The molecule has 0 unspecified atom stereocenters. The van der Waals surface area contributed by atoms with Crippen LogP contribution in [0.1, 0.15) is 15.9 Å². The monoisotopic (exact) mass is 306 g/mol. The molecule has 2 aromatic rings. The molecule has 0 N–H and O–H groups in total. The van der Waals surface area contributed by atoms with Gasteiger partial charge in [-0.15, -0.1) is 0 Å². The second kappa shape index (κ2) is 6.50. The molecule has 0 fully saturated rings. The number of hydrogen-bond acceptors (Lipinski definition) is 4. The Labute approximate surface area is 128 Å². The van der Waals surface area contributed by atoms with Crippen molar-refractivity contribution in [3.8, 4) is 17.2 Å². The number of carbonyl (C=O) groups is 1. The number of benzene rings is 2. The van der Waals surface area contributed by atoms with Gasteiger partial charge in [0.25, 0.3) is 0 Å². The van der Waals surface area contributed by atoms with Crippen molar-refractivity contribution in [1.82, 2.24) is 0 Å². The van der Waals surface area contributed by atoms with E-state index in [2.05, 4.69) is 0 Å². The highest BCUT2D eigenvalue weighted by Gasteiger charge is 2.16. The van der Waals surface area contributed by atoms with Crippen LogP contribution in [0.25, 0.3) is 0 Å². The summed E-state index contributed by atoms with van der Waals surface area (Å²) in [6.07, 6.45) is 0. The maximum absolute atomic E-state index is 12.5. The summed E-state index contributed by atoms with van der Waals surface area (Å²) in [4.78, 5) is 12.5. The molecule has 0 saturated heterocycles. The lowest BCUT2D eigenvalue weighted by Gasteiger charge is -2.11. The van der Waals surface area contributed by atoms with Crippen LogP contribution in [0.4, 0.5) is 0 Å². The van der Waals surface area contributed by atoms with Gasteiger partial charge in [-0.05, 0) is 24.3 Å². The van der Waals surface area contributed by atoms with Crippen molar-refractivity contribution in [3.63, 3.8) is 0 Å². The number of hydrogen-bond donors (Lipinski definition) is 0. The highest BCUT2D eigenvalue weighted by Crippen LogP contribution is 2.36. The standard InChI is InChI=1S/C16H15ClO4/c1-19-12-6-4-5-10(7-12)15(18)11-8-13(17)16(21-3)14(9-11)20-2/h4-9H,1-3H3. The van der Waals surface area contributed by atoms with Gasteiger partial charge in [0.1, 0.15) is 5.75 Å². The van der Waals surface area contributed by atoms with E-state index in [-0.39, 0.29) is 5.78 Å². The van der Waals surface area contributed by atoms with Gasteiger partial charge < -0.3 is 14.2 Å². The van der Waals surface area contributed by atoms with Crippen molar-refractivity contribution in [2.45, 2.75) is 0 Å². The predicted octanol–water partition coefficient (Wildman–Crippen LogP) is 3.60. The topological polar surface area (TPSA) is 44.8 Å². The molecular formula is C16H15ClO4. The second-order valence-corrected chi connectivity index (χ2v) is 4.66. The molecule has 0 spiro atoms. The Morgan fingerprint density at radius 2 is 1.71 bits per heavy atom. The minimum absolute atomic E-state index is 0.170. The zero-order valence-corrected chi connectivity index (χ0v) is 12.7. The normalized spacial score (nSPS) is 10.1. The summed E-state index contributed by atoms with van der Waals surface area (Å²) < 4.78 is 15.5. The van der Waals surface area contributed by atoms with Crippen LogP contribution in [0.15, 0.2) is 36.4 Å². The Hall–Kier alpha value is -2.20. The Balaban J connectivity index is 2.45. The predicted molar refractivity (Wildman–Crippen MR) is 81.0 cm³/mol. The molecular weight excluding hydrogens is 292 g/mol. The molecule has 0 atom stereocenters. The van der Waals surface area contributed by atoms with E-state index in [1.165, 1.54) is 14.2 Å². The highest BCUT2D eigenvalue weighted by atomic mass is 35.5. The molecule has 0 aliphatic rings. The van der Waals surface area contributed by atoms with Crippen molar-refractivity contribution >= 4 is 17.4 Å². The zero-order valence-electron chi connectivity index (χ0n) is 12.0. The summed E-state index contributed by atoms with van der Waals surface area (Å²) in [7, 11) is 4.54. The van der Waals surface area contributed by atoms with Gasteiger partial charge in [0, 0.05) is 11.1 Å². The first-order valence-electron chi connectivity index (χ1n) is 6.21. The van der Waals surface area contributed by atoms with Crippen LogP contribution in [0.3, 0.4) is 0 Å². The fraction of sp³-hybridized carbons (Fsp3) is 0.188. The van der Waals surface area contributed by atoms with Crippen LogP contribution in [0, 0.1) is 0 Å². The summed E-state index contributed by atoms with van der Waals surface area (Å²) in [5, 5.41) is 0.322. The van der Waals surface area contributed by atoms with Gasteiger partial charge in [-0.3, -0.25) is 4.79 Å². The van der Waals surface area contributed by atoms with Gasteiger partial charge in [-0.1, -0.05) is 23.7 Å². The van der Waals surface area contributed by atoms with Crippen LogP contribution in [0.2, 0.25) is 5.02 Å². The second-order valence-electron chi connectivity index (χ2n) is 4.25. The number of carbonyl (C=O) groups excluding carboxylic acids is 1. The number of methoxy groups -OCH3 is 3. The molecule has 0 amide bonds. The Bertz CT molecular complexity index is 667. The summed E-state index contributed by atoms with van der Waals surface area (Å²) in [5.74, 6) is 1.27. The molecule has 0 aliphatic carbocycles. The first-order valence-corrected chi connectivity index (χ1v) is 6.58. The maximum Gasteiger partial charge on any atom is 0.193 e. The molecule has 110 valence electrons. The van der Waals surface area contributed by atoms with Gasteiger partial charge in [0.15, 0.2) is 17.3 Å². The van der Waals surface area contributed by atoms with E-state index in [0.29, 0.717) is 33.4 Å². The van der Waals surface area contributed by atoms with Crippen LogP contribution in [-0.4, -0.2) is 27.1 Å². The minimum Gasteiger partial charge on any atom is -0.497 e. The fourth-order valence-corrected chi connectivity index (χ4v) is 2.27. The van der Waals surface area contributed by atoms with Crippen molar-refractivity contribution in [3.05, 3.63) is 52.5 Å². The molecule has 0 radical (unpaired) electrons. The van der Waals surface area contributed by atoms with E-state index >= 15 is 0 Å². The summed E-state index contributed by atoms with van der Waals surface area (Å²) >= 11 is 6.12. The van der Waals surface area contributed by atoms with Crippen molar-refractivity contribution in [1.29, 1.82) is 0 Å². The molecule has 0 heterocycles. The molecule has 2 rings (SSSR count). The van der Waals surface area contributed by atoms with Crippen molar-refractivity contribution in [2.75, 3.05) is 21.3 Å². The van der Waals surface area contributed by atoms with E-state index in [1.807, 2.05) is 0 Å². The van der Waals surface area contributed by atoms with E-state index in [9.17, 15) is 4.79 Å². The first kappa shape index (κ1) is 15.2. The largest absolute Gasteiger partial charge is 0.497 e. The fourth-order valence-electron chi connectivity index (χ4n) is 1.98. The zero-order chi connectivity index (χ0) is 15.4. The third-order valence-electron chi connectivity index (χ3n) is 3.03. The molecule has 0 bridgehead atoms. The lowest BCUT2D eigenvalue weighted by Crippen LogP contribution is -2.03. The minimum atomic E-state index is -0.170. The lowest BCUT2D eigenvalue weighted by atomic mass is 10.0. The molecule has 0 saturated carbocycles. The quantitative estimate of drug-likeness (QED) is 0.792. The molecule has 5 heteroatoms. The van der Waals surface area contributed by atoms with E-state index in [4.69, 9.17) is 25.8 Å². The third-order valence-corrected chi connectivity index (χ3v) is 3.31. The van der Waals surface area contributed by atoms with E-state index < -0.39 is 0 Å². The lowest BCUT2D eigenvalue weighted by molar-refractivity contribution is 0.103. The molecule has 4 nitrogen and oxygen atoms in total. The molecule has 21 heavy (non-hydrogen) atoms. The Morgan fingerprint density at radius 1 is 0.952 bits per heavy atom.